The fourth-order valence-corrected chi connectivity index (χ4v) is 3.12. The van der Waals surface area contributed by atoms with Crippen molar-refractivity contribution in [2.24, 2.45) is 4.99 Å². The minimum absolute atomic E-state index is 0.126. The Kier molecular flexibility index (Phi) is 3.78. The molecular weight excluding hydrogens is 398 g/mol. The molecule has 2 aromatic rings. The van der Waals surface area contributed by atoms with E-state index in [2.05, 4.69) is 20.9 Å². The van der Waals surface area contributed by atoms with Crippen LogP contribution < -0.4 is 9.47 Å². The van der Waals surface area contributed by atoms with Crippen molar-refractivity contribution in [1.29, 1.82) is 0 Å². The molecule has 2 aliphatic heterocycles. The molecule has 0 saturated heterocycles. The van der Waals surface area contributed by atoms with Gasteiger partial charge in [0.25, 0.3) is 0 Å². The minimum atomic E-state index is -0.519. The summed E-state index contributed by atoms with van der Waals surface area (Å²) in [6, 6.07) is 10.8. The molecule has 2 heterocycles. The summed E-state index contributed by atoms with van der Waals surface area (Å²) in [4.78, 5) is 16.4. The second kappa shape index (κ2) is 5.96. The van der Waals surface area contributed by atoms with Crippen LogP contribution in [0.2, 0.25) is 5.02 Å². The Balaban J connectivity index is 1.72. The molecule has 0 saturated carbocycles. The maximum atomic E-state index is 12.1. The van der Waals surface area contributed by atoms with Gasteiger partial charge in [-0.05, 0) is 51.8 Å². The van der Waals surface area contributed by atoms with Crippen molar-refractivity contribution in [2.45, 2.75) is 0 Å². The van der Waals surface area contributed by atoms with Gasteiger partial charge < -0.3 is 14.2 Å². The van der Waals surface area contributed by atoms with Crippen LogP contribution in [0.15, 0.2) is 51.6 Å². The number of nitrogens with zero attached hydrogens (tertiary/aromatic N) is 1. The van der Waals surface area contributed by atoms with Crippen molar-refractivity contribution >= 4 is 45.5 Å². The lowest BCUT2D eigenvalue weighted by Crippen LogP contribution is -2.05. The molecule has 5 nitrogen and oxygen atoms in total. The predicted molar refractivity (Wildman–Crippen MR) is 92.3 cm³/mol. The fraction of sp³-hybridized carbons (Fsp3) is 0.0588. The van der Waals surface area contributed by atoms with E-state index in [-0.39, 0.29) is 18.4 Å². The van der Waals surface area contributed by atoms with Crippen molar-refractivity contribution in [3.05, 3.63) is 62.7 Å². The molecule has 120 valence electrons. The summed E-state index contributed by atoms with van der Waals surface area (Å²) < 4.78 is 16.6. The highest BCUT2D eigenvalue weighted by Gasteiger charge is 2.26. The average molecular weight is 407 g/mol. The van der Waals surface area contributed by atoms with Crippen LogP contribution in [0.1, 0.15) is 11.1 Å². The highest BCUT2D eigenvalue weighted by atomic mass is 79.9. The number of ether oxygens (including phenoxy) is 3. The summed E-state index contributed by atoms with van der Waals surface area (Å²) in [6.07, 6.45) is 1.60. The largest absolute Gasteiger partial charge is 0.454 e. The van der Waals surface area contributed by atoms with Gasteiger partial charge in [0.15, 0.2) is 17.2 Å². The van der Waals surface area contributed by atoms with Crippen LogP contribution in [-0.2, 0) is 9.53 Å². The predicted octanol–water partition coefficient (Wildman–Crippen LogP) is 4.18. The second-order valence-corrected chi connectivity index (χ2v) is 6.31. The van der Waals surface area contributed by atoms with E-state index in [0.717, 1.165) is 4.47 Å². The van der Waals surface area contributed by atoms with Crippen LogP contribution in [0.25, 0.3) is 6.08 Å². The lowest BCUT2D eigenvalue weighted by atomic mass is 10.1. The maximum absolute atomic E-state index is 12.1. The van der Waals surface area contributed by atoms with Crippen LogP contribution >= 0.6 is 27.5 Å². The molecular formula is C17H9BrClNO4. The van der Waals surface area contributed by atoms with E-state index in [1.807, 2.05) is 24.3 Å². The summed E-state index contributed by atoms with van der Waals surface area (Å²) in [6.45, 7) is 0.126. The monoisotopic (exact) mass is 405 g/mol. The third-order valence-electron chi connectivity index (χ3n) is 3.48. The van der Waals surface area contributed by atoms with Gasteiger partial charge in [-0.25, -0.2) is 9.79 Å². The zero-order valence-corrected chi connectivity index (χ0v) is 14.4. The number of esters is 1. The maximum Gasteiger partial charge on any atom is 0.363 e. The molecule has 0 unspecified atom stereocenters. The zero-order chi connectivity index (χ0) is 16.7. The average Bonchev–Trinajstić information content (AvgIpc) is 3.15. The Labute approximate surface area is 150 Å². The number of carbonyl (C=O) groups is 1. The number of hydrogen-bond acceptors (Lipinski definition) is 5. The van der Waals surface area contributed by atoms with Gasteiger partial charge in [-0.2, -0.15) is 0 Å². The highest BCUT2D eigenvalue weighted by Crippen LogP contribution is 2.40. The van der Waals surface area contributed by atoms with E-state index in [9.17, 15) is 4.79 Å². The van der Waals surface area contributed by atoms with Crippen molar-refractivity contribution in [2.75, 3.05) is 6.79 Å². The standard InChI is InChI=1S/C17H9BrClNO4/c18-11-4-2-1-3-10(11)16-20-13(17(21)24-16)6-9-5-12(19)15-14(7-9)22-8-23-15/h1-7H,8H2/b13-6-. The summed E-state index contributed by atoms with van der Waals surface area (Å²) in [5.74, 6) is 0.779. The second-order valence-electron chi connectivity index (χ2n) is 5.05. The number of halogens is 2. The molecule has 0 bridgehead atoms. The van der Waals surface area contributed by atoms with E-state index in [1.165, 1.54) is 0 Å². The van der Waals surface area contributed by atoms with Crippen LogP contribution in [0.4, 0.5) is 0 Å². The van der Waals surface area contributed by atoms with Gasteiger partial charge in [0.1, 0.15) is 0 Å². The number of carbonyl (C=O) groups excluding carboxylic acids is 1. The van der Waals surface area contributed by atoms with Crippen LogP contribution in [0.5, 0.6) is 11.5 Å². The first-order chi connectivity index (χ1) is 11.6. The smallest absolute Gasteiger partial charge is 0.363 e. The third kappa shape index (κ3) is 2.68. The Morgan fingerprint density at radius 2 is 2.04 bits per heavy atom. The normalized spacial score (nSPS) is 17.2. The zero-order valence-electron chi connectivity index (χ0n) is 12.1. The van der Waals surface area contributed by atoms with Crippen molar-refractivity contribution < 1.29 is 19.0 Å². The molecule has 0 aromatic heterocycles. The molecule has 0 N–H and O–H groups in total. The quantitative estimate of drug-likeness (QED) is 0.555. The van der Waals surface area contributed by atoms with E-state index >= 15 is 0 Å². The van der Waals surface area contributed by atoms with Gasteiger partial charge in [-0.15, -0.1) is 0 Å². The number of benzene rings is 2. The Bertz CT molecular complexity index is 923. The minimum Gasteiger partial charge on any atom is -0.454 e. The SMILES string of the molecule is O=C1OC(c2ccccc2Br)=N/C1=C\c1cc(Cl)c2c(c1)OCO2. The summed E-state index contributed by atoms with van der Waals surface area (Å²) in [5, 5.41) is 0.415. The van der Waals surface area contributed by atoms with Gasteiger partial charge in [0.05, 0.1) is 10.6 Å². The van der Waals surface area contributed by atoms with Gasteiger partial charge in [0, 0.05) is 4.47 Å². The Morgan fingerprint density at radius 1 is 1.21 bits per heavy atom. The van der Waals surface area contributed by atoms with Gasteiger partial charge in [-0.1, -0.05) is 23.7 Å². The molecule has 2 aromatic carbocycles. The van der Waals surface area contributed by atoms with Crippen molar-refractivity contribution in [3.63, 3.8) is 0 Å². The van der Waals surface area contributed by atoms with Crippen molar-refractivity contribution in [3.8, 4) is 11.5 Å². The van der Waals surface area contributed by atoms with Gasteiger partial charge >= 0.3 is 5.97 Å². The number of hydrogen-bond donors (Lipinski definition) is 0. The van der Waals surface area contributed by atoms with E-state index in [1.54, 1.807) is 18.2 Å². The lowest BCUT2D eigenvalue weighted by Gasteiger charge is -2.01. The molecule has 24 heavy (non-hydrogen) atoms. The molecule has 2 aliphatic rings. The number of aliphatic imine (C=N–C) groups is 1. The van der Waals surface area contributed by atoms with E-state index in [4.69, 9.17) is 25.8 Å². The fourth-order valence-electron chi connectivity index (χ4n) is 2.39. The number of fused-ring (bicyclic) bond motifs is 1. The summed E-state index contributed by atoms with van der Waals surface area (Å²) in [7, 11) is 0. The lowest BCUT2D eigenvalue weighted by molar-refractivity contribution is -0.129. The van der Waals surface area contributed by atoms with Gasteiger partial charge in [-0.3, -0.25) is 0 Å². The van der Waals surface area contributed by atoms with E-state index in [0.29, 0.717) is 27.6 Å². The molecule has 0 radical (unpaired) electrons. The topological polar surface area (TPSA) is 57.1 Å². The Hall–Kier alpha value is -2.31. The summed E-state index contributed by atoms with van der Waals surface area (Å²) in [5.41, 5.74) is 1.57. The van der Waals surface area contributed by atoms with Gasteiger partial charge in [0.2, 0.25) is 12.7 Å². The summed E-state index contributed by atoms with van der Waals surface area (Å²) >= 11 is 9.57. The van der Waals surface area contributed by atoms with Crippen LogP contribution in [0, 0.1) is 0 Å². The number of cyclic esters (lactones) is 1. The molecule has 0 amide bonds. The van der Waals surface area contributed by atoms with Crippen LogP contribution in [0.3, 0.4) is 0 Å². The molecule has 4 rings (SSSR count). The molecule has 0 atom stereocenters. The Morgan fingerprint density at radius 3 is 2.88 bits per heavy atom. The molecule has 7 heteroatoms. The molecule has 0 fully saturated rings. The first-order valence-electron chi connectivity index (χ1n) is 6.98. The van der Waals surface area contributed by atoms with Crippen molar-refractivity contribution in [1.82, 2.24) is 0 Å². The van der Waals surface area contributed by atoms with Crippen LogP contribution in [-0.4, -0.2) is 18.7 Å². The molecule has 0 spiro atoms. The number of rotatable bonds is 2. The third-order valence-corrected chi connectivity index (χ3v) is 4.45. The molecule has 0 aliphatic carbocycles. The first kappa shape index (κ1) is 15.2. The first-order valence-corrected chi connectivity index (χ1v) is 8.15. The highest BCUT2D eigenvalue weighted by molar-refractivity contribution is 9.10. The van der Waals surface area contributed by atoms with E-state index < -0.39 is 5.97 Å².